The fourth-order valence-electron chi connectivity index (χ4n) is 1.70. The number of carbonyl (C=O) groups is 2. The van der Waals surface area contributed by atoms with Crippen molar-refractivity contribution >= 4 is 35.5 Å². The molecule has 1 amide bonds. The number of hydrazone groups is 1. The van der Waals surface area contributed by atoms with Crippen molar-refractivity contribution in [2.75, 3.05) is 0 Å². The van der Waals surface area contributed by atoms with Crippen molar-refractivity contribution in [3.05, 3.63) is 39.9 Å². The molecular weight excluding hydrogens is 312 g/mol. The molecule has 1 aromatic carbocycles. The smallest absolute Gasteiger partial charge is 0.269 e. The maximum atomic E-state index is 11.5. The second-order valence-corrected chi connectivity index (χ2v) is 5.64. The zero-order valence-corrected chi connectivity index (χ0v) is 11.9. The number of nitro groups is 1. The lowest BCUT2D eigenvalue weighted by Gasteiger charge is -2.08. The monoisotopic (exact) mass is 323 g/mol. The predicted octanol–water partition coefficient (Wildman–Crippen LogP) is -0.827. The first kappa shape index (κ1) is 15.8. The highest BCUT2D eigenvalue weighted by atomic mass is 32.2. The van der Waals surface area contributed by atoms with Crippen LogP contribution in [0.1, 0.15) is 12.0 Å². The average molecular weight is 323 g/mol. The van der Waals surface area contributed by atoms with Gasteiger partial charge in [-0.1, -0.05) is 0 Å². The predicted molar refractivity (Wildman–Crippen MR) is 76.8 cm³/mol. The molecule has 116 valence electrons. The molecule has 2 N–H and O–H groups in total. The molecule has 1 heterocycles. The number of thioether (sulfide) groups is 1. The molecule has 10 heteroatoms. The molecule has 22 heavy (non-hydrogen) atoms. The highest BCUT2D eigenvalue weighted by molar-refractivity contribution is 8.01. The number of hydrogen-bond acceptors (Lipinski definition) is 8. The van der Waals surface area contributed by atoms with E-state index in [0.717, 1.165) is 11.8 Å². The summed E-state index contributed by atoms with van der Waals surface area (Å²) in [6.45, 7) is 0. The van der Waals surface area contributed by atoms with E-state index in [2.05, 4.69) is 15.8 Å². The van der Waals surface area contributed by atoms with Crippen LogP contribution in [0.2, 0.25) is 0 Å². The Hall–Kier alpha value is -2.62. The Morgan fingerprint density at radius 3 is 2.73 bits per heavy atom. The number of aliphatic carboxylic acids is 1. The van der Waals surface area contributed by atoms with Gasteiger partial charge in [0.15, 0.2) is 5.50 Å². The zero-order valence-electron chi connectivity index (χ0n) is 11.1. The fraction of sp³-hybridized carbons (Fsp3) is 0.250. The summed E-state index contributed by atoms with van der Waals surface area (Å²) in [5.74, 6) is -1.68. The lowest BCUT2D eigenvalue weighted by atomic mass is 10.2. The fourth-order valence-corrected chi connectivity index (χ4v) is 2.76. The number of benzene rings is 1. The number of carboxylic acid groups (broad SMARTS) is 1. The van der Waals surface area contributed by atoms with E-state index in [9.17, 15) is 24.8 Å². The third-order valence-corrected chi connectivity index (χ3v) is 3.93. The first-order chi connectivity index (χ1) is 10.5. The summed E-state index contributed by atoms with van der Waals surface area (Å²) in [7, 11) is 0. The minimum Gasteiger partial charge on any atom is -0.550 e. The Morgan fingerprint density at radius 2 is 2.14 bits per heavy atom. The Kier molecular flexibility index (Phi) is 4.94. The van der Waals surface area contributed by atoms with Gasteiger partial charge in [-0.15, -0.1) is 11.8 Å². The van der Waals surface area contributed by atoms with E-state index in [1.54, 1.807) is 0 Å². The SMILES string of the molecule is O=C([O-])CC1SC(NN=Cc2ccc([N+](=O)[O-])cc2)NC1=O. The minimum absolute atomic E-state index is 0.0196. The Bertz CT molecular complexity index is 618. The summed E-state index contributed by atoms with van der Waals surface area (Å²) < 4.78 is 0. The molecule has 0 aromatic heterocycles. The number of non-ortho nitro benzene ring substituents is 1. The maximum absolute atomic E-state index is 11.5. The lowest BCUT2D eigenvalue weighted by Crippen LogP contribution is -2.36. The van der Waals surface area contributed by atoms with Crippen LogP contribution in [0.3, 0.4) is 0 Å². The van der Waals surface area contributed by atoms with E-state index in [-0.39, 0.29) is 12.1 Å². The molecule has 1 saturated heterocycles. The molecule has 1 aliphatic rings. The Morgan fingerprint density at radius 1 is 1.45 bits per heavy atom. The van der Waals surface area contributed by atoms with E-state index in [1.807, 2.05) is 0 Å². The highest BCUT2D eigenvalue weighted by Gasteiger charge is 2.32. The average Bonchev–Trinajstić information content (AvgIpc) is 2.79. The summed E-state index contributed by atoms with van der Waals surface area (Å²) in [6, 6.07) is 5.76. The van der Waals surface area contributed by atoms with Crippen molar-refractivity contribution in [1.29, 1.82) is 0 Å². The highest BCUT2D eigenvalue weighted by Crippen LogP contribution is 2.24. The second kappa shape index (κ2) is 6.89. The molecule has 9 nitrogen and oxygen atoms in total. The van der Waals surface area contributed by atoms with E-state index in [1.165, 1.54) is 30.5 Å². The van der Waals surface area contributed by atoms with E-state index < -0.39 is 27.5 Å². The number of nitrogens with zero attached hydrogens (tertiary/aromatic N) is 2. The number of amides is 1. The van der Waals surface area contributed by atoms with Crippen LogP contribution in [0.5, 0.6) is 0 Å². The molecule has 2 atom stereocenters. The van der Waals surface area contributed by atoms with Crippen LogP contribution < -0.4 is 15.8 Å². The van der Waals surface area contributed by atoms with Gasteiger partial charge in [0.2, 0.25) is 5.91 Å². The summed E-state index contributed by atoms with van der Waals surface area (Å²) in [6.07, 6.45) is 1.07. The quantitative estimate of drug-likeness (QED) is 0.396. The second-order valence-electron chi connectivity index (χ2n) is 4.33. The normalized spacial score (nSPS) is 20.8. The first-order valence-corrected chi connectivity index (χ1v) is 7.09. The number of carboxylic acids is 1. The third kappa shape index (κ3) is 4.19. The lowest BCUT2D eigenvalue weighted by molar-refractivity contribution is -0.384. The molecular formula is C12H11N4O5S-. The van der Waals surface area contributed by atoms with Gasteiger partial charge in [-0.25, -0.2) is 0 Å². The maximum Gasteiger partial charge on any atom is 0.269 e. The molecule has 1 fully saturated rings. The largest absolute Gasteiger partial charge is 0.550 e. The van der Waals surface area contributed by atoms with Crippen molar-refractivity contribution in [1.82, 2.24) is 10.7 Å². The molecule has 0 aliphatic carbocycles. The van der Waals surface area contributed by atoms with Crippen LogP contribution in [0.4, 0.5) is 5.69 Å². The van der Waals surface area contributed by atoms with Gasteiger partial charge in [-0.05, 0) is 17.7 Å². The minimum atomic E-state index is -1.29. The van der Waals surface area contributed by atoms with E-state index >= 15 is 0 Å². The van der Waals surface area contributed by atoms with Gasteiger partial charge in [0.05, 0.1) is 16.4 Å². The van der Waals surface area contributed by atoms with Gasteiger partial charge in [0.25, 0.3) is 5.69 Å². The molecule has 0 radical (unpaired) electrons. The number of hydrogen-bond donors (Lipinski definition) is 2. The third-order valence-electron chi connectivity index (χ3n) is 2.73. The standard InChI is InChI=1S/C12H12N4O5S/c17-10(18)5-9-11(19)14-12(22-9)15-13-6-7-1-3-8(4-2-7)16(20)21/h1-4,6,9,12,15H,5H2,(H,14,19)(H,17,18)/p-1. The van der Waals surface area contributed by atoms with Crippen LogP contribution >= 0.6 is 11.8 Å². The van der Waals surface area contributed by atoms with Crippen LogP contribution in [0, 0.1) is 10.1 Å². The van der Waals surface area contributed by atoms with Gasteiger partial charge in [0.1, 0.15) is 0 Å². The van der Waals surface area contributed by atoms with Crippen molar-refractivity contribution in [2.24, 2.45) is 5.10 Å². The van der Waals surface area contributed by atoms with Gasteiger partial charge in [0, 0.05) is 24.5 Å². The van der Waals surface area contributed by atoms with Crippen LogP contribution in [0.25, 0.3) is 0 Å². The van der Waals surface area contributed by atoms with Gasteiger partial charge in [-0.3, -0.25) is 20.3 Å². The van der Waals surface area contributed by atoms with Crippen LogP contribution in [-0.2, 0) is 9.59 Å². The van der Waals surface area contributed by atoms with Crippen LogP contribution in [0.15, 0.2) is 29.4 Å². The Labute approximate surface area is 128 Å². The molecule has 1 aromatic rings. The number of nitrogens with one attached hydrogen (secondary N) is 2. The van der Waals surface area contributed by atoms with E-state index in [0.29, 0.717) is 5.56 Å². The van der Waals surface area contributed by atoms with Crippen LogP contribution in [-0.4, -0.2) is 33.8 Å². The van der Waals surface area contributed by atoms with Gasteiger partial charge >= 0.3 is 0 Å². The summed E-state index contributed by atoms with van der Waals surface area (Å²) >= 11 is 1.09. The molecule has 0 bridgehead atoms. The molecule has 2 unspecified atom stereocenters. The summed E-state index contributed by atoms with van der Waals surface area (Å²) in [4.78, 5) is 32.0. The first-order valence-electron chi connectivity index (χ1n) is 6.14. The zero-order chi connectivity index (χ0) is 16.1. The van der Waals surface area contributed by atoms with Crippen molar-refractivity contribution < 1.29 is 19.6 Å². The van der Waals surface area contributed by atoms with E-state index in [4.69, 9.17) is 0 Å². The molecule has 2 rings (SSSR count). The topological polar surface area (TPSA) is 137 Å². The number of rotatable bonds is 6. The van der Waals surface area contributed by atoms with Crippen molar-refractivity contribution in [2.45, 2.75) is 17.2 Å². The molecule has 0 spiro atoms. The Balaban J connectivity index is 1.86. The molecule has 1 aliphatic heterocycles. The van der Waals surface area contributed by atoms with Crippen molar-refractivity contribution in [3.63, 3.8) is 0 Å². The number of nitro benzene ring substituents is 1. The summed E-state index contributed by atoms with van der Waals surface area (Å²) in [5, 5.41) is 26.7. The summed E-state index contributed by atoms with van der Waals surface area (Å²) in [5.41, 5.74) is 2.74. The van der Waals surface area contributed by atoms with Crippen molar-refractivity contribution in [3.8, 4) is 0 Å². The molecule has 0 saturated carbocycles. The van der Waals surface area contributed by atoms with Gasteiger partial charge < -0.3 is 15.2 Å². The van der Waals surface area contributed by atoms with Gasteiger partial charge in [-0.2, -0.15) is 5.10 Å². The number of carbonyl (C=O) groups excluding carboxylic acids is 2.